The number of H-pyrrole nitrogens is 1. The molecule has 1 aliphatic rings. The van der Waals surface area contributed by atoms with Gasteiger partial charge in [0, 0.05) is 11.5 Å². The highest BCUT2D eigenvalue weighted by Gasteiger charge is 2.29. The van der Waals surface area contributed by atoms with Crippen LogP contribution >= 0.6 is 22.6 Å². The molecule has 0 unspecified atom stereocenters. The zero-order valence-electron chi connectivity index (χ0n) is 10.3. The van der Waals surface area contributed by atoms with Crippen LogP contribution in [0.2, 0.25) is 0 Å². The molecule has 19 heavy (non-hydrogen) atoms. The highest BCUT2D eigenvalue weighted by Crippen LogP contribution is 2.40. The summed E-state index contributed by atoms with van der Waals surface area (Å²) < 4.78 is 14.0. The molecule has 1 saturated carbocycles. The molecule has 2 aromatic rings. The summed E-state index contributed by atoms with van der Waals surface area (Å²) >= 11 is 2.04. The second-order valence-electron chi connectivity index (χ2n) is 4.85. The number of aromatic amines is 1. The number of halogens is 2. The number of aromatic nitrogens is 2. The van der Waals surface area contributed by atoms with Gasteiger partial charge in [0.2, 0.25) is 0 Å². The van der Waals surface area contributed by atoms with E-state index in [-0.39, 0.29) is 11.4 Å². The van der Waals surface area contributed by atoms with Gasteiger partial charge in [-0.25, -0.2) is 9.37 Å². The third-order valence-corrected chi connectivity index (χ3v) is 4.33. The maximum absolute atomic E-state index is 13.3. The van der Waals surface area contributed by atoms with Gasteiger partial charge >= 0.3 is 0 Å². The predicted molar refractivity (Wildman–Crippen MR) is 79.7 cm³/mol. The Hall–Kier alpha value is -1.24. The van der Waals surface area contributed by atoms with Crippen LogP contribution in [0.4, 0.5) is 4.39 Å². The summed E-state index contributed by atoms with van der Waals surface area (Å²) in [5, 5.41) is 0. The van der Waals surface area contributed by atoms with Gasteiger partial charge < -0.3 is 4.98 Å². The second kappa shape index (κ2) is 4.70. The fourth-order valence-corrected chi connectivity index (χ4v) is 2.73. The zero-order valence-corrected chi connectivity index (χ0v) is 12.5. The lowest BCUT2D eigenvalue weighted by atomic mass is 10.1. The summed E-state index contributed by atoms with van der Waals surface area (Å²) in [4.78, 5) is 19.3. The van der Waals surface area contributed by atoms with Gasteiger partial charge in [-0.3, -0.25) is 4.79 Å². The van der Waals surface area contributed by atoms with Crippen molar-refractivity contribution in [3.05, 3.63) is 49.2 Å². The van der Waals surface area contributed by atoms with Crippen LogP contribution in [-0.2, 0) is 0 Å². The van der Waals surface area contributed by atoms with Crippen molar-refractivity contribution in [2.24, 2.45) is 0 Å². The van der Waals surface area contributed by atoms with Crippen molar-refractivity contribution in [1.29, 1.82) is 0 Å². The van der Waals surface area contributed by atoms with E-state index in [4.69, 9.17) is 0 Å². The molecule has 1 heterocycles. The Morgan fingerprint density at radius 2 is 2.16 bits per heavy atom. The quantitative estimate of drug-likeness (QED) is 0.825. The Kier molecular flexibility index (Phi) is 3.16. The van der Waals surface area contributed by atoms with E-state index in [1.807, 2.05) is 22.6 Å². The van der Waals surface area contributed by atoms with Crippen LogP contribution in [0.25, 0.3) is 11.4 Å². The van der Waals surface area contributed by atoms with Crippen LogP contribution < -0.4 is 5.56 Å². The smallest absolute Gasteiger partial charge is 0.264 e. The lowest BCUT2D eigenvalue weighted by Gasteiger charge is -2.07. The van der Waals surface area contributed by atoms with Crippen molar-refractivity contribution in [2.75, 3.05) is 0 Å². The van der Waals surface area contributed by atoms with E-state index in [1.54, 1.807) is 19.1 Å². The van der Waals surface area contributed by atoms with Crippen molar-refractivity contribution in [1.82, 2.24) is 9.97 Å². The molecule has 0 bridgehead atoms. The van der Waals surface area contributed by atoms with E-state index in [9.17, 15) is 9.18 Å². The van der Waals surface area contributed by atoms with E-state index in [1.165, 1.54) is 6.07 Å². The zero-order chi connectivity index (χ0) is 13.6. The molecule has 3 nitrogen and oxygen atoms in total. The Balaban J connectivity index is 2.14. The average Bonchev–Trinajstić information content (AvgIpc) is 3.20. The van der Waals surface area contributed by atoms with Gasteiger partial charge in [-0.1, -0.05) is 0 Å². The van der Waals surface area contributed by atoms with Gasteiger partial charge in [-0.05, 0) is 66.1 Å². The summed E-state index contributed by atoms with van der Waals surface area (Å²) in [5.74, 6) is 0.684. The van der Waals surface area contributed by atoms with Gasteiger partial charge in [0.25, 0.3) is 5.56 Å². The molecule has 0 saturated heterocycles. The second-order valence-corrected chi connectivity index (χ2v) is 5.93. The summed E-state index contributed by atoms with van der Waals surface area (Å²) in [5.41, 5.74) is 2.05. The molecule has 1 fully saturated rings. The first-order valence-corrected chi connectivity index (χ1v) is 7.20. The molecule has 0 spiro atoms. The molecule has 98 valence electrons. The minimum absolute atomic E-state index is 0.116. The molecular formula is C14H12FIN2O. The number of nitrogens with one attached hydrogen (secondary N) is 1. The third kappa shape index (κ3) is 2.43. The van der Waals surface area contributed by atoms with E-state index in [0.29, 0.717) is 20.9 Å². The van der Waals surface area contributed by atoms with Crippen molar-refractivity contribution >= 4 is 22.6 Å². The Bertz CT molecular complexity index is 707. The third-order valence-electron chi connectivity index (χ3n) is 3.28. The molecule has 1 aromatic carbocycles. The first kappa shape index (κ1) is 12.8. The van der Waals surface area contributed by atoms with Crippen molar-refractivity contribution < 1.29 is 4.39 Å². The van der Waals surface area contributed by atoms with Crippen molar-refractivity contribution in [2.45, 2.75) is 25.7 Å². The van der Waals surface area contributed by atoms with Crippen LogP contribution in [0.1, 0.15) is 30.0 Å². The van der Waals surface area contributed by atoms with Gasteiger partial charge in [0.1, 0.15) is 11.6 Å². The average molecular weight is 370 g/mol. The Labute approximate surface area is 123 Å². The molecule has 1 N–H and O–H groups in total. The molecule has 0 atom stereocenters. The van der Waals surface area contributed by atoms with E-state index < -0.39 is 0 Å². The number of rotatable bonds is 2. The number of hydrogen-bond donors (Lipinski definition) is 1. The Morgan fingerprint density at radius 1 is 1.42 bits per heavy atom. The molecule has 1 aliphatic carbocycles. The first-order chi connectivity index (χ1) is 9.06. The van der Waals surface area contributed by atoms with Gasteiger partial charge in [-0.2, -0.15) is 0 Å². The number of benzene rings is 1. The summed E-state index contributed by atoms with van der Waals surface area (Å²) in [6.07, 6.45) is 2.18. The maximum Gasteiger partial charge on any atom is 0.264 e. The van der Waals surface area contributed by atoms with Gasteiger partial charge in [-0.15, -0.1) is 0 Å². The first-order valence-electron chi connectivity index (χ1n) is 6.12. The largest absolute Gasteiger partial charge is 0.306 e. The van der Waals surface area contributed by atoms with Crippen LogP contribution in [-0.4, -0.2) is 9.97 Å². The molecule has 1 aromatic heterocycles. The minimum Gasteiger partial charge on any atom is -0.306 e. The molecule has 0 amide bonds. The highest BCUT2D eigenvalue weighted by atomic mass is 127. The van der Waals surface area contributed by atoms with E-state index >= 15 is 0 Å². The van der Waals surface area contributed by atoms with E-state index in [2.05, 4.69) is 9.97 Å². The fraction of sp³-hybridized carbons (Fsp3) is 0.286. The van der Waals surface area contributed by atoms with Crippen LogP contribution in [0.5, 0.6) is 0 Å². The van der Waals surface area contributed by atoms with Crippen LogP contribution in [0.3, 0.4) is 0 Å². The standard InChI is InChI=1S/C14H12FIN2O/c1-7-6-9(4-5-10(7)15)13-17-12(8-2-3-8)11(16)14(19)18-13/h4-6,8H,2-3H2,1H3,(H,17,18,19). The van der Waals surface area contributed by atoms with Crippen molar-refractivity contribution in [3.63, 3.8) is 0 Å². The molecule has 5 heteroatoms. The molecule has 3 rings (SSSR count). The van der Waals surface area contributed by atoms with Crippen LogP contribution in [0.15, 0.2) is 23.0 Å². The lowest BCUT2D eigenvalue weighted by molar-refractivity contribution is 0.618. The summed E-state index contributed by atoms with van der Waals surface area (Å²) in [6, 6.07) is 4.75. The molecular weight excluding hydrogens is 358 g/mol. The number of aryl methyl sites for hydroxylation is 1. The lowest BCUT2D eigenvalue weighted by Crippen LogP contribution is -2.16. The SMILES string of the molecule is Cc1cc(-c2nc(C3CC3)c(I)c(=O)[nH]2)ccc1F. The topological polar surface area (TPSA) is 45.8 Å². The maximum atomic E-state index is 13.3. The van der Waals surface area contributed by atoms with Gasteiger partial charge in [0.05, 0.1) is 9.26 Å². The van der Waals surface area contributed by atoms with Gasteiger partial charge in [0.15, 0.2) is 0 Å². The highest BCUT2D eigenvalue weighted by molar-refractivity contribution is 14.1. The van der Waals surface area contributed by atoms with E-state index in [0.717, 1.165) is 24.1 Å². The Morgan fingerprint density at radius 3 is 2.79 bits per heavy atom. The number of nitrogens with zero attached hydrogens (tertiary/aromatic N) is 1. The fourth-order valence-electron chi connectivity index (χ4n) is 2.03. The predicted octanol–water partition coefficient (Wildman–Crippen LogP) is 3.37. The van der Waals surface area contributed by atoms with Crippen LogP contribution in [0, 0.1) is 16.3 Å². The molecule has 0 radical (unpaired) electrons. The monoisotopic (exact) mass is 370 g/mol. The van der Waals surface area contributed by atoms with Crippen molar-refractivity contribution in [3.8, 4) is 11.4 Å². The number of hydrogen-bond acceptors (Lipinski definition) is 2. The minimum atomic E-state index is -0.251. The normalized spacial score (nSPS) is 14.7. The molecule has 0 aliphatic heterocycles. The summed E-state index contributed by atoms with van der Waals surface area (Å²) in [6.45, 7) is 1.70. The summed E-state index contributed by atoms with van der Waals surface area (Å²) in [7, 11) is 0.